The van der Waals surface area contributed by atoms with Crippen LogP contribution in [-0.4, -0.2) is 94.0 Å². The number of carbonyl (C=O) groups excluding carboxylic acids is 4. The van der Waals surface area contributed by atoms with E-state index in [0.717, 1.165) is 0 Å². The van der Waals surface area contributed by atoms with Crippen molar-refractivity contribution in [1.82, 2.24) is 10.2 Å². The van der Waals surface area contributed by atoms with Gasteiger partial charge in [0.25, 0.3) is 5.91 Å². The molecule has 1 aromatic carbocycles. The van der Waals surface area contributed by atoms with Gasteiger partial charge in [-0.05, 0) is 24.1 Å². The molecular weight excluding hydrogens is 488 g/mol. The number of hydrogen-bond donors (Lipinski definition) is 2. The van der Waals surface area contributed by atoms with Crippen LogP contribution in [0.1, 0.15) is 28.8 Å². The highest BCUT2D eigenvalue weighted by Crippen LogP contribution is 2.32. The highest BCUT2D eigenvalue weighted by molar-refractivity contribution is 6.06. The molecule has 2 heterocycles. The van der Waals surface area contributed by atoms with Gasteiger partial charge in [-0.15, -0.1) is 0 Å². The van der Waals surface area contributed by atoms with E-state index in [1.165, 1.54) is 4.90 Å². The first-order valence-electron chi connectivity index (χ1n) is 11.9. The van der Waals surface area contributed by atoms with Crippen molar-refractivity contribution in [3.63, 3.8) is 0 Å². The molecule has 1 fully saturated rings. The molecule has 200 valence electrons. The average Bonchev–Trinajstić information content (AvgIpc) is 3.21. The van der Waals surface area contributed by atoms with Crippen molar-refractivity contribution in [1.29, 1.82) is 0 Å². The van der Waals surface area contributed by atoms with Gasteiger partial charge < -0.3 is 29.2 Å². The molecule has 0 saturated carbocycles. The highest BCUT2D eigenvalue weighted by atomic mass is 16.6. The van der Waals surface area contributed by atoms with E-state index in [9.17, 15) is 19.2 Å². The summed E-state index contributed by atoms with van der Waals surface area (Å²) in [4.78, 5) is 52.9. The Morgan fingerprint density at radius 2 is 1.73 bits per heavy atom. The summed E-state index contributed by atoms with van der Waals surface area (Å²) in [5, 5.41) is 8.38. The number of benzene rings is 1. The number of fused-ring (bicyclic) bond motifs is 1. The van der Waals surface area contributed by atoms with Crippen LogP contribution < -0.4 is 10.6 Å². The van der Waals surface area contributed by atoms with E-state index in [0.29, 0.717) is 49.8 Å². The van der Waals surface area contributed by atoms with Gasteiger partial charge in [-0.25, -0.2) is 0 Å². The van der Waals surface area contributed by atoms with E-state index in [4.69, 9.17) is 24.5 Å². The van der Waals surface area contributed by atoms with E-state index >= 15 is 0 Å². The molecule has 1 saturated heterocycles. The predicted octanol–water partition coefficient (Wildman–Crippen LogP) is 0.763. The first-order chi connectivity index (χ1) is 18.0. The predicted molar refractivity (Wildman–Crippen MR) is 128 cm³/mol. The lowest BCUT2D eigenvalue weighted by Gasteiger charge is -2.29. The third-order valence-corrected chi connectivity index (χ3v) is 5.60. The number of imide groups is 1. The van der Waals surface area contributed by atoms with Gasteiger partial charge in [-0.2, -0.15) is 0 Å². The number of ether oxygens (including phenoxy) is 4. The normalized spacial score (nSPS) is 16.8. The molecule has 2 aliphatic rings. The number of piperidine rings is 1. The van der Waals surface area contributed by atoms with E-state index in [1.54, 1.807) is 18.2 Å². The van der Waals surface area contributed by atoms with Crippen molar-refractivity contribution in [3.05, 3.63) is 39.8 Å². The van der Waals surface area contributed by atoms with Crippen molar-refractivity contribution >= 4 is 29.3 Å². The first kappa shape index (κ1) is 28.0. The molecule has 0 radical (unpaired) electrons. The zero-order valence-corrected chi connectivity index (χ0v) is 20.3. The Bertz CT molecular complexity index is 1030. The molecular formula is C23H30N6O8. The minimum atomic E-state index is -0.724. The smallest absolute Gasteiger partial charge is 0.255 e. The van der Waals surface area contributed by atoms with E-state index in [2.05, 4.69) is 20.7 Å². The van der Waals surface area contributed by atoms with Crippen LogP contribution in [0.2, 0.25) is 0 Å². The summed E-state index contributed by atoms with van der Waals surface area (Å²) in [6.07, 6.45) is 0.438. The van der Waals surface area contributed by atoms with Gasteiger partial charge in [0.05, 0.1) is 46.2 Å². The van der Waals surface area contributed by atoms with Crippen LogP contribution in [0.25, 0.3) is 10.4 Å². The standard InChI is InChI=1S/C23H30N6O8/c24-28-25-6-7-34-8-9-35-10-11-36-12-13-37-15-21(31)26-18-3-1-2-16-17(18)14-29(23(16)33)19-4-5-20(30)27-22(19)32/h1-3,19H,4-15H2,(H,26,31)(H,27,30,32). The van der Waals surface area contributed by atoms with Crippen molar-refractivity contribution in [2.45, 2.75) is 25.4 Å². The Labute approximate surface area is 213 Å². The second kappa shape index (κ2) is 14.9. The molecule has 0 aromatic heterocycles. The second-order valence-corrected chi connectivity index (χ2v) is 8.12. The van der Waals surface area contributed by atoms with E-state index in [1.807, 2.05) is 0 Å². The first-order valence-corrected chi connectivity index (χ1v) is 11.9. The molecule has 0 aliphatic carbocycles. The molecule has 37 heavy (non-hydrogen) atoms. The van der Waals surface area contributed by atoms with Crippen LogP contribution in [0.15, 0.2) is 23.3 Å². The fourth-order valence-electron chi connectivity index (χ4n) is 3.86. The number of nitrogens with zero attached hydrogens (tertiary/aromatic N) is 4. The minimum absolute atomic E-state index is 0.162. The van der Waals surface area contributed by atoms with Gasteiger partial charge in [0.1, 0.15) is 12.6 Å². The quantitative estimate of drug-likeness (QED) is 0.106. The van der Waals surface area contributed by atoms with Crippen molar-refractivity contribution in [3.8, 4) is 0 Å². The third kappa shape index (κ3) is 8.51. The zero-order valence-electron chi connectivity index (χ0n) is 20.3. The molecule has 0 bridgehead atoms. The lowest BCUT2D eigenvalue weighted by molar-refractivity contribution is -0.137. The van der Waals surface area contributed by atoms with Gasteiger partial charge in [0, 0.05) is 41.2 Å². The number of amides is 4. The van der Waals surface area contributed by atoms with Gasteiger partial charge >= 0.3 is 0 Å². The molecule has 2 aliphatic heterocycles. The molecule has 14 heteroatoms. The lowest BCUT2D eigenvalue weighted by Crippen LogP contribution is -2.52. The maximum Gasteiger partial charge on any atom is 0.255 e. The zero-order chi connectivity index (χ0) is 26.5. The van der Waals surface area contributed by atoms with Crippen LogP contribution in [0.4, 0.5) is 5.69 Å². The Balaban J connectivity index is 1.30. The second-order valence-electron chi connectivity index (χ2n) is 8.12. The molecule has 1 unspecified atom stereocenters. The summed E-state index contributed by atoms with van der Waals surface area (Å²) < 4.78 is 21.2. The molecule has 4 amide bonds. The largest absolute Gasteiger partial charge is 0.379 e. The van der Waals surface area contributed by atoms with Crippen molar-refractivity contribution < 1.29 is 38.1 Å². The number of carbonyl (C=O) groups is 4. The fourth-order valence-corrected chi connectivity index (χ4v) is 3.86. The van der Waals surface area contributed by atoms with Crippen LogP contribution in [0, 0.1) is 0 Å². The third-order valence-electron chi connectivity index (χ3n) is 5.60. The monoisotopic (exact) mass is 518 g/mol. The number of nitrogens with one attached hydrogen (secondary N) is 2. The number of rotatable bonds is 16. The van der Waals surface area contributed by atoms with Crippen molar-refractivity contribution in [2.24, 2.45) is 5.11 Å². The molecule has 2 N–H and O–H groups in total. The number of anilines is 1. The van der Waals surface area contributed by atoms with Gasteiger partial charge in [0.2, 0.25) is 17.7 Å². The van der Waals surface area contributed by atoms with Crippen LogP contribution in [0.3, 0.4) is 0 Å². The Kier molecular flexibility index (Phi) is 11.3. The van der Waals surface area contributed by atoms with E-state index < -0.39 is 11.9 Å². The Morgan fingerprint density at radius 3 is 2.41 bits per heavy atom. The lowest BCUT2D eigenvalue weighted by atomic mass is 10.0. The Hall–Kier alpha value is -3.55. The summed E-state index contributed by atoms with van der Waals surface area (Å²) in [5.41, 5.74) is 9.65. The van der Waals surface area contributed by atoms with Gasteiger partial charge in [-0.3, -0.25) is 24.5 Å². The van der Waals surface area contributed by atoms with Crippen LogP contribution in [-0.2, 0) is 39.9 Å². The number of azide groups is 1. The molecule has 3 rings (SSSR count). The summed E-state index contributed by atoms with van der Waals surface area (Å²) in [6, 6.07) is 4.27. The maximum atomic E-state index is 12.9. The summed E-state index contributed by atoms with van der Waals surface area (Å²) in [5.74, 6) is -1.53. The number of hydrogen-bond acceptors (Lipinski definition) is 9. The minimum Gasteiger partial charge on any atom is -0.379 e. The average molecular weight is 519 g/mol. The van der Waals surface area contributed by atoms with Crippen LogP contribution in [0.5, 0.6) is 0 Å². The molecule has 1 aromatic rings. The van der Waals surface area contributed by atoms with E-state index in [-0.39, 0.29) is 63.5 Å². The Morgan fingerprint density at radius 1 is 1.05 bits per heavy atom. The maximum absolute atomic E-state index is 12.9. The molecule has 14 nitrogen and oxygen atoms in total. The fraction of sp³-hybridized carbons (Fsp3) is 0.565. The SMILES string of the molecule is [N-]=[N+]=NCCOCCOCCOCCOCC(=O)Nc1cccc2c1CN(C1CCC(=O)NC1=O)C2=O. The molecule has 1 atom stereocenters. The van der Waals surface area contributed by atoms with Gasteiger partial charge in [-0.1, -0.05) is 11.2 Å². The summed E-state index contributed by atoms with van der Waals surface area (Å²) in [7, 11) is 0. The highest BCUT2D eigenvalue weighted by Gasteiger charge is 2.39. The van der Waals surface area contributed by atoms with Crippen LogP contribution >= 0.6 is 0 Å². The molecule has 0 spiro atoms. The summed E-state index contributed by atoms with van der Waals surface area (Å²) in [6.45, 7) is 2.64. The topological polar surface area (TPSA) is 181 Å². The van der Waals surface area contributed by atoms with Crippen molar-refractivity contribution in [2.75, 3.05) is 64.7 Å². The van der Waals surface area contributed by atoms with Gasteiger partial charge in [0.15, 0.2) is 0 Å². The summed E-state index contributed by atoms with van der Waals surface area (Å²) >= 11 is 0.